The molecule has 1 aliphatic rings. The number of nitrogens with zero attached hydrogens (tertiary/aromatic N) is 2. The van der Waals surface area contributed by atoms with Crippen molar-refractivity contribution in [3.8, 4) is 11.1 Å². The van der Waals surface area contributed by atoms with Crippen LogP contribution < -0.4 is 4.90 Å². The van der Waals surface area contributed by atoms with E-state index >= 15 is 0 Å². The van der Waals surface area contributed by atoms with Crippen LogP contribution in [0.15, 0.2) is 91.3 Å². The standard InChI is InChI=1S/C23H22N2/c1-18-10-6-7-13-20(18)23-24(2)16-17-25(23)22-15-9-8-14-21(22)19-11-4-3-5-12-19/h3-17,23H,1-2H3. The first-order valence-electron chi connectivity index (χ1n) is 8.64. The number of benzene rings is 3. The van der Waals surface area contributed by atoms with Gasteiger partial charge < -0.3 is 9.80 Å². The van der Waals surface area contributed by atoms with Gasteiger partial charge in [-0.05, 0) is 29.7 Å². The lowest BCUT2D eigenvalue weighted by Gasteiger charge is -2.33. The number of rotatable bonds is 3. The summed E-state index contributed by atoms with van der Waals surface area (Å²) in [5.41, 5.74) is 6.36. The van der Waals surface area contributed by atoms with Gasteiger partial charge in [-0.2, -0.15) is 0 Å². The van der Waals surface area contributed by atoms with E-state index in [-0.39, 0.29) is 6.17 Å². The van der Waals surface area contributed by atoms with E-state index in [4.69, 9.17) is 0 Å². The number of hydrogen-bond acceptors (Lipinski definition) is 2. The summed E-state index contributed by atoms with van der Waals surface area (Å²) in [7, 11) is 2.14. The first kappa shape index (κ1) is 15.5. The highest BCUT2D eigenvalue weighted by Crippen LogP contribution is 2.40. The van der Waals surface area contributed by atoms with E-state index in [1.807, 2.05) is 0 Å². The number of aryl methyl sites for hydroxylation is 1. The van der Waals surface area contributed by atoms with Crippen molar-refractivity contribution in [2.75, 3.05) is 11.9 Å². The lowest BCUT2D eigenvalue weighted by Crippen LogP contribution is -2.29. The van der Waals surface area contributed by atoms with Crippen LogP contribution in [0.2, 0.25) is 0 Å². The van der Waals surface area contributed by atoms with Crippen molar-refractivity contribution in [2.24, 2.45) is 0 Å². The summed E-state index contributed by atoms with van der Waals surface area (Å²) in [6.07, 6.45) is 4.50. The number of hydrogen-bond donors (Lipinski definition) is 0. The van der Waals surface area contributed by atoms with Crippen molar-refractivity contribution < 1.29 is 0 Å². The van der Waals surface area contributed by atoms with Gasteiger partial charge in [-0.3, -0.25) is 0 Å². The third kappa shape index (κ3) is 2.80. The van der Waals surface area contributed by atoms with Crippen LogP contribution in [0.5, 0.6) is 0 Å². The number of para-hydroxylation sites is 1. The molecule has 4 rings (SSSR count). The summed E-state index contributed by atoms with van der Waals surface area (Å²) in [5, 5.41) is 0. The molecule has 0 amide bonds. The van der Waals surface area contributed by atoms with Crippen LogP contribution in [-0.4, -0.2) is 11.9 Å². The maximum absolute atomic E-state index is 2.37. The Morgan fingerprint density at radius 1 is 0.720 bits per heavy atom. The quantitative estimate of drug-likeness (QED) is 0.619. The first-order valence-corrected chi connectivity index (χ1v) is 8.64. The molecule has 0 N–H and O–H groups in total. The van der Waals surface area contributed by atoms with Crippen molar-refractivity contribution in [1.82, 2.24) is 4.90 Å². The highest BCUT2D eigenvalue weighted by Gasteiger charge is 2.29. The van der Waals surface area contributed by atoms with Gasteiger partial charge in [-0.1, -0.05) is 72.8 Å². The SMILES string of the molecule is Cc1ccccc1C1N(C)C=CN1c1ccccc1-c1ccccc1. The summed E-state index contributed by atoms with van der Waals surface area (Å²) < 4.78 is 0. The fraction of sp³-hybridized carbons (Fsp3) is 0.130. The first-order chi connectivity index (χ1) is 12.3. The Kier molecular flexibility index (Phi) is 4.02. The molecule has 0 saturated carbocycles. The van der Waals surface area contributed by atoms with Gasteiger partial charge in [0.15, 0.2) is 0 Å². The average Bonchev–Trinajstić information content (AvgIpc) is 3.04. The van der Waals surface area contributed by atoms with E-state index < -0.39 is 0 Å². The molecule has 2 heteroatoms. The van der Waals surface area contributed by atoms with Gasteiger partial charge in [0, 0.05) is 25.0 Å². The molecule has 0 bridgehead atoms. The van der Waals surface area contributed by atoms with Crippen molar-refractivity contribution in [2.45, 2.75) is 13.1 Å². The monoisotopic (exact) mass is 326 g/mol. The molecule has 3 aromatic carbocycles. The molecule has 1 unspecified atom stereocenters. The van der Waals surface area contributed by atoms with Gasteiger partial charge in [-0.25, -0.2) is 0 Å². The predicted molar refractivity (Wildman–Crippen MR) is 105 cm³/mol. The van der Waals surface area contributed by atoms with Crippen LogP contribution in [0.4, 0.5) is 5.69 Å². The van der Waals surface area contributed by atoms with Crippen molar-refractivity contribution in [1.29, 1.82) is 0 Å². The summed E-state index contributed by atoms with van der Waals surface area (Å²) in [6, 6.07) is 27.9. The van der Waals surface area contributed by atoms with Crippen LogP contribution in [0, 0.1) is 6.92 Å². The van der Waals surface area contributed by atoms with Crippen molar-refractivity contribution in [3.63, 3.8) is 0 Å². The molecule has 0 saturated heterocycles. The lowest BCUT2D eigenvalue weighted by atomic mass is 10.0. The fourth-order valence-corrected chi connectivity index (χ4v) is 3.55. The lowest BCUT2D eigenvalue weighted by molar-refractivity contribution is 0.367. The second-order valence-corrected chi connectivity index (χ2v) is 6.48. The Morgan fingerprint density at radius 3 is 2.20 bits per heavy atom. The van der Waals surface area contributed by atoms with Crippen LogP contribution >= 0.6 is 0 Å². The Hall–Kier alpha value is -3.00. The van der Waals surface area contributed by atoms with Crippen LogP contribution in [0.3, 0.4) is 0 Å². The van der Waals surface area contributed by atoms with Gasteiger partial charge in [0.05, 0.1) is 5.69 Å². The topological polar surface area (TPSA) is 6.48 Å². The Labute approximate surface area is 149 Å². The van der Waals surface area contributed by atoms with E-state index in [0.717, 1.165) is 0 Å². The molecular weight excluding hydrogens is 304 g/mol. The van der Waals surface area contributed by atoms with E-state index in [1.165, 1.54) is 27.9 Å². The molecule has 124 valence electrons. The average molecular weight is 326 g/mol. The van der Waals surface area contributed by atoms with E-state index in [2.05, 4.69) is 115 Å². The van der Waals surface area contributed by atoms with Crippen LogP contribution in [0.25, 0.3) is 11.1 Å². The summed E-state index contributed by atoms with van der Waals surface area (Å²) in [6.45, 7) is 2.18. The minimum atomic E-state index is 0.172. The van der Waals surface area contributed by atoms with Crippen molar-refractivity contribution in [3.05, 3.63) is 102 Å². The zero-order valence-corrected chi connectivity index (χ0v) is 14.6. The molecule has 0 aliphatic carbocycles. The Balaban J connectivity index is 1.82. The van der Waals surface area contributed by atoms with Crippen molar-refractivity contribution >= 4 is 5.69 Å². The summed E-state index contributed by atoms with van der Waals surface area (Å²) in [4.78, 5) is 4.63. The van der Waals surface area contributed by atoms with Crippen LogP contribution in [0.1, 0.15) is 17.3 Å². The second-order valence-electron chi connectivity index (χ2n) is 6.48. The summed E-state index contributed by atoms with van der Waals surface area (Å²) >= 11 is 0. The largest absolute Gasteiger partial charge is 0.355 e. The third-order valence-electron chi connectivity index (χ3n) is 4.85. The highest BCUT2D eigenvalue weighted by atomic mass is 15.4. The van der Waals surface area contributed by atoms with E-state index in [1.54, 1.807) is 0 Å². The zero-order chi connectivity index (χ0) is 17.2. The molecule has 1 atom stereocenters. The number of anilines is 1. The zero-order valence-electron chi connectivity index (χ0n) is 14.6. The molecule has 1 aliphatic heterocycles. The highest BCUT2D eigenvalue weighted by molar-refractivity contribution is 5.80. The minimum absolute atomic E-state index is 0.172. The van der Waals surface area contributed by atoms with Gasteiger partial charge in [0.2, 0.25) is 0 Å². The van der Waals surface area contributed by atoms with Gasteiger partial charge in [0.25, 0.3) is 0 Å². The second kappa shape index (κ2) is 6.48. The maximum atomic E-state index is 2.37. The minimum Gasteiger partial charge on any atom is -0.355 e. The predicted octanol–water partition coefficient (Wildman–Crippen LogP) is 5.58. The van der Waals surface area contributed by atoms with E-state index in [0.29, 0.717) is 0 Å². The third-order valence-corrected chi connectivity index (χ3v) is 4.85. The molecule has 2 nitrogen and oxygen atoms in total. The van der Waals surface area contributed by atoms with Crippen LogP contribution in [-0.2, 0) is 0 Å². The molecule has 1 heterocycles. The van der Waals surface area contributed by atoms with Gasteiger partial charge in [0.1, 0.15) is 6.17 Å². The molecular formula is C23H22N2. The Morgan fingerprint density at radius 2 is 1.40 bits per heavy atom. The molecule has 0 fully saturated rings. The van der Waals surface area contributed by atoms with E-state index in [9.17, 15) is 0 Å². The molecule has 25 heavy (non-hydrogen) atoms. The maximum Gasteiger partial charge on any atom is 0.132 e. The molecule has 0 spiro atoms. The molecule has 3 aromatic rings. The smallest absolute Gasteiger partial charge is 0.132 e. The molecule has 0 aromatic heterocycles. The summed E-state index contributed by atoms with van der Waals surface area (Å²) in [5.74, 6) is 0. The molecule has 0 radical (unpaired) electrons. The van der Waals surface area contributed by atoms with Gasteiger partial charge >= 0.3 is 0 Å². The normalized spacial score (nSPS) is 16.5. The fourth-order valence-electron chi connectivity index (χ4n) is 3.55. The van der Waals surface area contributed by atoms with Gasteiger partial charge in [-0.15, -0.1) is 0 Å². The Bertz CT molecular complexity index is 899.